The summed E-state index contributed by atoms with van der Waals surface area (Å²) in [5, 5.41) is 26.7. The number of hydrogen-bond acceptors (Lipinski definition) is 3. The fourth-order valence-corrected chi connectivity index (χ4v) is 1.24. The highest BCUT2D eigenvalue weighted by molar-refractivity contribution is 5.72. The van der Waals surface area contributed by atoms with E-state index >= 15 is 0 Å². The third-order valence-electron chi connectivity index (χ3n) is 2.02. The van der Waals surface area contributed by atoms with Gasteiger partial charge < -0.3 is 10.2 Å². The summed E-state index contributed by atoms with van der Waals surface area (Å²) in [6, 6.07) is 4.74. The number of rotatable bonds is 2. The number of carboxylic acids is 1. The minimum absolute atomic E-state index is 0.0797. The minimum Gasteiger partial charge on any atom is -0.508 e. The van der Waals surface area contributed by atoms with Crippen molar-refractivity contribution in [1.29, 1.82) is 5.26 Å². The van der Waals surface area contributed by atoms with Gasteiger partial charge in [0.05, 0.1) is 18.1 Å². The molecular formula is C10H9NO3. The van der Waals surface area contributed by atoms with Crippen LogP contribution in [0.1, 0.15) is 16.7 Å². The van der Waals surface area contributed by atoms with E-state index in [1.807, 2.05) is 6.07 Å². The standard InChI is InChI=1S/C10H9NO3/c1-6-7(5-11)2-3-9(12)8(6)4-10(13)14/h2-3,12H,4H2,1H3,(H,13,14). The van der Waals surface area contributed by atoms with Crippen LogP contribution in [0, 0.1) is 18.3 Å². The molecule has 0 spiro atoms. The number of benzene rings is 1. The van der Waals surface area contributed by atoms with Crippen molar-refractivity contribution < 1.29 is 15.0 Å². The van der Waals surface area contributed by atoms with Crippen molar-refractivity contribution in [2.75, 3.05) is 0 Å². The fraction of sp³-hybridized carbons (Fsp3) is 0.200. The summed E-state index contributed by atoms with van der Waals surface area (Å²) in [5.41, 5.74) is 1.21. The lowest BCUT2D eigenvalue weighted by molar-refractivity contribution is -0.136. The van der Waals surface area contributed by atoms with E-state index < -0.39 is 5.97 Å². The summed E-state index contributed by atoms with van der Waals surface area (Å²) < 4.78 is 0. The number of hydrogen-bond donors (Lipinski definition) is 2. The van der Waals surface area contributed by atoms with Gasteiger partial charge in [-0.3, -0.25) is 4.79 Å². The SMILES string of the molecule is Cc1c(C#N)ccc(O)c1CC(=O)O. The van der Waals surface area contributed by atoms with E-state index in [1.165, 1.54) is 12.1 Å². The van der Waals surface area contributed by atoms with Crippen LogP contribution < -0.4 is 0 Å². The van der Waals surface area contributed by atoms with Gasteiger partial charge in [-0.2, -0.15) is 5.26 Å². The Morgan fingerprint density at radius 2 is 2.21 bits per heavy atom. The topological polar surface area (TPSA) is 81.3 Å². The third-order valence-corrected chi connectivity index (χ3v) is 2.02. The van der Waals surface area contributed by atoms with E-state index in [9.17, 15) is 9.90 Å². The van der Waals surface area contributed by atoms with Crippen molar-refractivity contribution in [2.45, 2.75) is 13.3 Å². The van der Waals surface area contributed by atoms with Gasteiger partial charge in [-0.25, -0.2) is 0 Å². The van der Waals surface area contributed by atoms with E-state index in [-0.39, 0.29) is 12.2 Å². The molecule has 0 saturated heterocycles. The van der Waals surface area contributed by atoms with Gasteiger partial charge in [-0.15, -0.1) is 0 Å². The lowest BCUT2D eigenvalue weighted by Crippen LogP contribution is -2.03. The summed E-state index contributed by atoms with van der Waals surface area (Å²) in [7, 11) is 0. The molecule has 14 heavy (non-hydrogen) atoms. The molecule has 0 aliphatic heterocycles. The van der Waals surface area contributed by atoms with Crippen LogP contribution in [0.2, 0.25) is 0 Å². The number of nitrogens with zero attached hydrogens (tertiary/aromatic N) is 1. The Morgan fingerprint density at radius 1 is 1.57 bits per heavy atom. The Morgan fingerprint density at radius 3 is 2.71 bits per heavy atom. The van der Waals surface area contributed by atoms with Crippen LogP contribution in [-0.2, 0) is 11.2 Å². The highest BCUT2D eigenvalue weighted by Crippen LogP contribution is 2.23. The number of aromatic hydroxyl groups is 1. The maximum absolute atomic E-state index is 10.5. The second kappa shape index (κ2) is 3.79. The van der Waals surface area contributed by atoms with Crippen LogP contribution in [0.4, 0.5) is 0 Å². The molecule has 0 aromatic heterocycles. The van der Waals surface area contributed by atoms with Crippen LogP contribution in [-0.4, -0.2) is 16.2 Å². The number of carboxylic acid groups (broad SMARTS) is 1. The van der Waals surface area contributed by atoms with Gasteiger partial charge in [0.15, 0.2) is 0 Å². The normalized spacial score (nSPS) is 9.43. The van der Waals surface area contributed by atoms with E-state index in [0.717, 1.165) is 0 Å². The Hall–Kier alpha value is -2.02. The molecule has 1 aromatic rings. The van der Waals surface area contributed by atoms with Crippen molar-refractivity contribution >= 4 is 5.97 Å². The van der Waals surface area contributed by atoms with Gasteiger partial charge in [-0.1, -0.05) is 0 Å². The molecule has 0 heterocycles. The van der Waals surface area contributed by atoms with Crippen molar-refractivity contribution in [3.8, 4) is 11.8 Å². The first-order chi connectivity index (χ1) is 6.56. The molecule has 72 valence electrons. The van der Waals surface area contributed by atoms with Crippen LogP contribution >= 0.6 is 0 Å². The molecular weight excluding hydrogens is 182 g/mol. The molecule has 0 fully saturated rings. The van der Waals surface area contributed by atoms with Crippen LogP contribution in [0.15, 0.2) is 12.1 Å². The molecule has 0 amide bonds. The molecule has 0 atom stereocenters. The zero-order chi connectivity index (χ0) is 10.7. The Kier molecular flexibility index (Phi) is 2.73. The fourth-order valence-electron chi connectivity index (χ4n) is 1.24. The Balaban J connectivity index is 3.27. The van der Waals surface area contributed by atoms with Crippen LogP contribution in [0.5, 0.6) is 5.75 Å². The molecule has 1 rings (SSSR count). The zero-order valence-electron chi connectivity index (χ0n) is 7.61. The van der Waals surface area contributed by atoms with Crippen molar-refractivity contribution in [1.82, 2.24) is 0 Å². The largest absolute Gasteiger partial charge is 0.508 e. The number of nitriles is 1. The summed E-state index contributed by atoms with van der Waals surface area (Å²) in [6.07, 6.45) is -0.271. The van der Waals surface area contributed by atoms with Gasteiger partial charge in [-0.05, 0) is 24.6 Å². The van der Waals surface area contributed by atoms with Crippen LogP contribution in [0.25, 0.3) is 0 Å². The first-order valence-corrected chi connectivity index (χ1v) is 3.99. The average molecular weight is 191 g/mol. The number of aliphatic carboxylic acids is 1. The maximum Gasteiger partial charge on any atom is 0.307 e. The molecule has 0 unspecified atom stereocenters. The monoisotopic (exact) mass is 191 g/mol. The molecule has 0 aliphatic carbocycles. The summed E-state index contributed by atoms with van der Waals surface area (Å²) >= 11 is 0. The van der Waals surface area contributed by atoms with Gasteiger partial charge in [0.25, 0.3) is 0 Å². The molecule has 0 radical (unpaired) electrons. The van der Waals surface area contributed by atoms with Gasteiger partial charge in [0, 0.05) is 5.56 Å². The smallest absolute Gasteiger partial charge is 0.307 e. The molecule has 0 aliphatic rings. The van der Waals surface area contributed by atoms with Gasteiger partial charge >= 0.3 is 5.97 Å². The third kappa shape index (κ3) is 1.83. The highest BCUT2D eigenvalue weighted by atomic mass is 16.4. The first-order valence-electron chi connectivity index (χ1n) is 3.99. The molecule has 4 heteroatoms. The molecule has 2 N–H and O–H groups in total. The van der Waals surface area contributed by atoms with Crippen LogP contribution in [0.3, 0.4) is 0 Å². The Labute approximate surface area is 81.0 Å². The molecule has 0 saturated carbocycles. The number of carbonyl (C=O) groups is 1. The second-order valence-electron chi connectivity index (χ2n) is 2.92. The summed E-state index contributed by atoms with van der Waals surface area (Å²) in [6.45, 7) is 1.62. The molecule has 4 nitrogen and oxygen atoms in total. The maximum atomic E-state index is 10.5. The van der Waals surface area contributed by atoms with Crippen molar-refractivity contribution in [2.24, 2.45) is 0 Å². The quantitative estimate of drug-likeness (QED) is 0.735. The van der Waals surface area contributed by atoms with Crippen molar-refractivity contribution in [3.05, 3.63) is 28.8 Å². The van der Waals surface area contributed by atoms with E-state index in [2.05, 4.69) is 0 Å². The van der Waals surface area contributed by atoms with Gasteiger partial charge in [0.2, 0.25) is 0 Å². The lowest BCUT2D eigenvalue weighted by Gasteiger charge is -2.06. The summed E-state index contributed by atoms with van der Waals surface area (Å²) in [4.78, 5) is 10.5. The predicted octanol–water partition coefficient (Wildman–Crippen LogP) is 1.20. The number of phenolic OH excluding ortho intramolecular Hbond substituents is 1. The highest BCUT2D eigenvalue weighted by Gasteiger charge is 2.12. The first kappa shape index (κ1) is 10.1. The van der Waals surface area contributed by atoms with E-state index in [4.69, 9.17) is 10.4 Å². The molecule has 0 bridgehead atoms. The van der Waals surface area contributed by atoms with Gasteiger partial charge in [0.1, 0.15) is 5.75 Å². The number of phenols is 1. The minimum atomic E-state index is -1.03. The Bertz CT molecular complexity index is 418. The second-order valence-corrected chi connectivity index (χ2v) is 2.92. The summed E-state index contributed by atoms with van der Waals surface area (Å²) in [5.74, 6) is -1.11. The lowest BCUT2D eigenvalue weighted by atomic mass is 10.00. The van der Waals surface area contributed by atoms with E-state index in [1.54, 1.807) is 6.92 Å². The average Bonchev–Trinajstić information content (AvgIpc) is 2.12. The zero-order valence-corrected chi connectivity index (χ0v) is 7.61. The predicted molar refractivity (Wildman–Crippen MR) is 48.9 cm³/mol. The van der Waals surface area contributed by atoms with E-state index in [0.29, 0.717) is 16.7 Å². The van der Waals surface area contributed by atoms with Crippen molar-refractivity contribution in [3.63, 3.8) is 0 Å². The molecule has 1 aromatic carbocycles.